The van der Waals surface area contributed by atoms with Crippen LogP contribution in [0.1, 0.15) is 22.6 Å². The Morgan fingerprint density at radius 3 is 2.76 bits per heavy atom. The molecule has 154 valence electrons. The highest BCUT2D eigenvalue weighted by Gasteiger charge is 2.26. The number of sulfonamides is 1. The zero-order valence-corrected chi connectivity index (χ0v) is 18.3. The van der Waals surface area contributed by atoms with Crippen LogP contribution in [0, 0.1) is 19.8 Å². The summed E-state index contributed by atoms with van der Waals surface area (Å²) in [4.78, 5) is 4.40. The van der Waals surface area contributed by atoms with Gasteiger partial charge in [-0.05, 0) is 50.4 Å². The van der Waals surface area contributed by atoms with Gasteiger partial charge in [0.25, 0.3) is 0 Å². The third-order valence-electron chi connectivity index (χ3n) is 5.30. The number of likely N-dealkylation sites (tertiary alicyclic amines) is 1. The summed E-state index contributed by atoms with van der Waals surface area (Å²) in [5.41, 5.74) is 3.03. The van der Waals surface area contributed by atoms with Crippen LogP contribution >= 0.6 is 11.3 Å². The summed E-state index contributed by atoms with van der Waals surface area (Å²) < 4.78 is 28.6. The molecular weight excluding hydrogens is 404 g/mol. The molecule has 1 aromatic carbocycles. The average molecular weight is 431 g/mol. The first kappa shape index (κ1) is 20.3. The molecule has 1 atom stereocenters. The summed E-state index contributed by atoms with van der Waals surface area (Å²) in [6.07, 6.45) is 1.01. The van der Waals surface area contributed by atoms with Crippen molar-refractivity contribution in [3.05, 3.63) is 58.6 Å². The minimum Gasteiger partial charge on any atom is -0.299 e. The molecule has 0 aliphatic carbocycles. The van der Waals surface area contributed by atoms with Crippen LogP contribution in [0.2, 0.25) is 0 Å². The lowest BCUT2D eigenvalue weighted by Crippen LogP contribution is -2.31. The predicted molar refractivity (Wildman–Crippen MR) is 116 cm³/mol. The van der Waals surface area contributed by atoms with E-state index in [9.17, 15) is 8.42 Å². The fraction of sp³-hybridized carbons (Fsp3) is 0.381. The van der Waals surface area contributed by atoms with E-state index in [1.165, 1.54) is 16.9 Å². The lowest BCUT2D eigenvalue weighted by atomic mass is 10.1. The van der Waals surface area contributed by atoms with Gasteiger partial charge >= 0.3 is 0 Å². The average Bonchev–Trinajstić information content (AvgIpc) is 3.41. The second-order valence-electron chi connectivity index (χ2n) is 7.69. The largest absolute Gasteiger partial charge is 0.299 e. The Balaban J connectivity index is 1.37. The number of rotatable bonds is 7. The molecule has 0 radical (unpaired) electrons. The van der Waals surface area contributed by atoms with Crippen molar-refractivity contribution in [2.24, 2.45) is 5.92 Å². The molecule has 8 heteroatoms. The highest BCUT2D eigenvalue weighted by molar-refractivity contribution is 7.89. The molecule has 1 saturated heterocycles. The van der Waals surface area contributed by atoms with Gasteiger partial charge in [-0.25, -0.2) is 13.1 Å². The maximum atomic E-state index is 12.9. The number of aromatic amines is 1. The van der Waals surface area contributed by atoms with E-state index in [-0.39, 0.29) is 0 Å². The molecule has 1 aliphatic heterocycles. The number of hydrogen-bond donors (Lipinski definition) is 2. The first-order chi connectivity index (χ1) is 13.9. The van der Waals surface area contributed by atoms with Crippen LogP contribution in [-0.4, -0.2) is 43.1 Å². The Bertz CT molecular complexity index is 1070. The zero-order valence-electron chi connectivity index (χ0n) is 16.7. The van der Waals surface area contributed by atoms with E-state index in [1.54, 1.807) is 6.07 Å². The maximum absolute atomic E-state index is 12.9. The third kappa shape index (κ3) is 4.78. The van der Waals surface area contributed by atoms with Crippen LogP contribution in [0.25, 0.3) is 10.6 Å². The van der Waals surface area contributed by atoms with Crippen LogP contribution in [0.15, 0.2) is 47.4 Å². The molecular formula is C21H26N4O2S2. The van der Waals surface area contributed by atoms with Crippen molar-refractivity contribution in [2.45, 2.75) is 31.7 Å². The number of H-pyrrole nitrogens is 1. The second-order valence-corrected chi connectivity index (χ2v) is 10.7. The SMILES string of the molecule is Cc1cc(-c2cc(S(=O)(=O)NCC3CCN(Cc4ccccc4)C3)c(C)s2)n[nH]1. The molecule has 0 amide bonds. The van der Waals surface area contributed by atoms with Gasteiger partial charge in [0.15, 0.2) is 0 Å². The summed E-state index contributed by atoms with van der Waals surface area (Å²) in [6, 6.07) is 14.1. The van der Waals surface area contributed by atoms with Crippen molar-refractivity contribution < 1.29 is 8.42 Å². The number of thiophene rings is 1. The van der Waals surface area contributed by atoms with Gasteiger partial charge in [-0.2, -0.15) is 5.10 Å². The molecule has 1 unspecified atom stereocenters. The molecule has 3 heterocycles. The first-order valence-electron chi connectivity index (χ1n) is 9.79. The summed E-state index contributed by atoms with van der Waals surface area (Å²) in [7, 11) is -3.53. The number of benzene rings is 1. The number of nitrogens with one attached hydrogen (secondary N) is 2. The van der Waals surface area contributed by atoms with Gasteiger partial charge in [0.2, 0.25) is 10.0 Å². The van der Waals surface area contributed by atoms with Crippen LogP contribution in [-0.2, 0) is 16.6 Å². The Labute approximate surface area is 176 Å². The van der Waals surface area contributed by atoms with E-state index in [0.717, 1.165) is 47.2 Å². The van der Waals surface area contributed by atoms with Gasteiger partial charge in [0.1, 0.15) is 5.69 Å². The lowest BCUT2D eigenvalue weighted by Gasteiger charge is -2.16. The van der Waals surface area contributed by atoms with Crippen LogP contribution in [0.4, 0.5) is 0 Å². The van der Waals surface area contributed by atoms with Gasteiger partial charge in [-0.15, -0.1) is 11.3 Å². The van der Waals surface area contributed by atoms with E-state index in [4.69, 9.17) is 0 Å². The van der Waals surface area contributed by atoms with Crippen molar-refractivity contribution in [3.8, 4) is 10.6 Å². The summed E-state index contributed by atoms with van der Waals surface area (Å²) in [5, 5.41) is 7.14. The summed E-state index contributed by atoms with van der Waals surface area (Å²) in [6.45, 7) is 7.08. The highest BCUT2D eigenvalue weighted by Crippen LogP contribution is 2.32. The maximum Gasteiger partial charge on any atom is 0.241 e. The highest BCUT2D eigenvalue weighted by atomic mass is 32.2. The van der Waals surface area contributed by atoms with Crippen molar-refractivity contribution in [2.75, 3.05) is 19.6 Å². The molecule has 2 aromatic heterocycles. The topological polar surface area (TPSA) is 78.1 Å². The minimum atomic E-state index is -3.53. The van der Waals surface area contributed by atoms with E-state index in [2.05, 4.69) is 44.1 Å². The number of aromatic nitrogens is 2. The Morgan fingerprint density at radius 2 is 2.03 bits per heavy atom. The van der Waals surface area contributed by atoms with E-state index in [1.807, 2.05) is 26.0 Å². The van der Waals surface area contributed by atoms with Crippen LogP contribution < -0.4 is 4.72 Å². The predicted octanol–water partition coefficient (Wildman–Crippen LogP) is 3.56. The van der Waals surface area contributed by atoms with Gasteiger partial charge in [0, 0.05) is 30.2 Å². The molecule has 0 bridgehead atoms. The number of nitrogens with zero attached hydrogens (tertiary/aromatic N) is 2. The van der Waals surface area contributed by atoms with Crippen molar-refractivity contribution >= 4 is 21.4 Å². The quantitative estimate of drug-likeness (QED) is 0.601. The minimum absolute atomic E-state index is 0.334. The zero-order chi connectivity index (χ0) is 20.4. The normalized spacial score (nSPS) is 17.8. The molecule has 1 aliphatic rings. The van der Waals surface area contributed by atoms with Gasteiger partial charge < -0.3 is 0 Å². The molecule has 2 N–H and O–H groups in total. The third-order valence-corrected chi connectivity index (χ3v) is 8.05. The van der Waals surface area contributed by atoms with Gasteiger partial charge in [-0.1, -0.05) is 30.3 Å². The van der Waals surface area contributed by atoms with E-state index < -0.39 is 10.0 Å². The Hall–Kier alpha value is -2.00. The van der Waals surface area contributed by atoms with Crippen LogP contribution in [0.5, 0.6) is 0 Å². The fourth-order valence-corrected chi connectivity index (χ4v) is 6.44. The fourth-order valence-electron chi connectivity index (χ4n) is 3.77. The molecule has 1 fully saturated rings. The monoisotopic (exact) mass is 430 g/mol. The number of aryl methyl sites for hydroxylation is 2. The van der Waals surface area contributed by atoms with E-state index in [0.29, 0.717) is 17.4 Å². The summed E-state index contributed by atoms with van der Waals surface area (Å²) >= 11 is 1.46. The molecule has 29 heavy (non-hydrogen) atoms. The first-order valence-corrected chi connectivity index (χ1v) is 12.1. The van der Waals surface area contributed by atoms with Gasteiger partial charge in [-0.3, -0.25) is 10.00 Å². The van der Waals surface area contributed by atoms with E-state index >= 15 is 0 Å². The number of hydrogen-bond acceptors (Lipinski definition) is 5. The Morgan fingerprint density at radius 1 is 1.24 bits per heavy atom. The molecule has 6 nitrogen and oxygen atoms in total. The van der Waals surface area contributed by atoms with Crippen molar-refractivity contribution in [3.63, 3.8) is 0 Å². The second kappa shape index (κ2) is 8.39. The van der Waals surface area contributed by atoms with Crippen LogP contribution in [0.3, 0.4) is 0 Å². The molecule has 3 aromatic rings. The summed E-state index contributed by atoms with van der Waals surface area (Å²) in [5.74, 6) is 0.334. The lowest BCUT2D eigenvalue weighted by molar-refractivity contribution is 0.316. The van der Waals surface area contributed by atoms with Gasteiger partial charge in [0.05, 0.1) is 9.77 Å². The molecule has 0 spiro atoms. The van der Waals surface area contributed by atoms with Crippen molar-refractivity contribution in [1.82, 2.24) is 19.8 Å². The smallest absolute Gasteiger partial charge is 0.241 e. The van der Waals surface area contributed by atoms with Crippen molar-refractivity contribution in [1.29, 1.82) is 0 Å². The molecule has 0 saturated carbocycles. The molecule has 4 rings (SSSR count). The standard InChI is InChI=1S/C21H26N4O2S2/c1-15-10-19(24-23-15)20-11-21(16(2)28-20)29(26,27)22-12-18-8-9-25(14-18)13-17-6-4-3-5-7-17/h3-7,10-11,18,22H,8-9,12-14H2,1-2H3,(H,23,24). The Kier molecular flexibility index (Phi) is 5.87.